The number of rotatable bonds is 1. The minimum Gasteiger partial charge on any atom is -0.206 e. The van der Waals surface area contributed by atoms with Crippen LogP contribution in [0, 0.1) is 11.9 Å². The van der Waals surface area contributed by atoms with E-state index in [4.69, 9.17) is 0 Å². The fourth-order valence-corrected chi connectivity index (χ4v) is 1.39. The third-order valence-corrected chi connectivity index (χ3v) is 2.28. The van der Waals surface area contributed by atoms with Crippen LogP contribution in [0.3, 0.4) is 0 Å². The third kappa shape index (κ3) is 1.61. The number of halogens is 4. The molecule has 14 heavy (non-hydrogen) atoms. The number of hydrogen-bond donors (Lipinski definition) is 0. The van der Waals surface area contributed by atoms with Crippen molar-refractivity contribution in [2.24, 2.45) is 0 Å². The summed E-state index contributed by atoms with van der Waals surface area (Å²) in [6.45, 7) is 0. The van der Waals surface area contributed by atoms with Gasteiger partial charge < -0.3 is 0 Å². The first-order valence-electron chi connectivity index (χ1n) is 4.27. The molecule has 0 aliphatic heterocycles. The third-order valence-electron chi connectivity index (χ3n) is 2.28. The number of benzene rings is 1. The van der Waals surface area contributed by atoms with Crippen LogP contribution in [-0.4, -0.2) is 0 Å². The molecule has 0 saturated heterocycles. The highest BCUT2D eigenvalue weighted by Crippen LogP contribution is 2.43. The van der Waals surface area contributed by atoms with Crippen molar-refractivity contribution in [1.29, 1.82) is 0 Å². The molecule has 0 bridgehead atoms. The molecule has 1 aromatic carbocycles. The van der Waals surface area contributed by atoms with Crippen LogP contribution in [0.5, 0.6) is 0 Å². The van der Waals surface area contributed by atoms with Gasteiger partial charge in [-0.05, 0) is 42.5 Å². The summed E-state index contributed by atoms with van der Waals surface area (Å²) in [4.78, 5) is 0. The van der Waals surface area contributed by atoms with Gasteiger partial charge in [-0.15, -0.1) is 0 Å². The van der Waals surface area contributed by atoms with Crippen LogP contribution in [0.1, 0.15) is 29.9 Å². The molecule has 4 heteroatoms. The zero-order valence-corrected chi connectivity index (χ0v) is 7.16. The maximum atomic E-state index is 13.3. The molecule has 0 spiro atoms. The summed E-state index contributed by atoms with van der Waals surface area (Å²) in [5, 5.41) is 0. The predicted molar refractivity (Wildman–Crippen MR) is 42.2 cm³/mol. The Morgan fingerprint density at radius 1 is 1.21 bits per heavy atom. The average Bonchev–Trinajstić information content (AvgIpc) is 2.85. The van der Waals surface area contributed by atoms with Crippen molar-refractivity contribution in [2.45, 2.75) is 24.9 Å². The molecule has 2 rings (SSSR count). The van der Waals surface area contributed by atoms with Gasteiger partial charge in [0.25, 0.3) is 0 Å². The summed E-state index contributed by atoms with van der Waals surface area (Å²) in [5.41, 5.74) is -1.05. The molecule has 0 atom stereocenters. The van der Waals surface area contributed by atoms with Crippen LogP contribution in [0.4, 0.5) is 17.6 Å². The number of hydrogen-bond acceptors (Lipinski definition) is 0. The molecular weight excluding hydrogens is 196 g/mol. The van der Waals surface area contributed by atoms with E-state index >= 15 is 0 Å². The second-order valence-electron chi connectivity index (χ2n) is 3.41. The Morgan fingerprint density at radius 2 is 1.86 bits per heavy atom. The fourth-order valence-electron chi connectivity index (χ4n) is 1.39. The van der Waals surface area contributed by atoms with Crippen molar-refractivity contribution in [3.8, 4) is 0 Å². The molecule has 0 heterocycles. The topological polar surface area (TPSA) is 0 Å². The summed E-state index contributed by atoms with van der Waals surface area (Å²) >= 11 is 0. The Balaban J connectivity index is 2.46. The zero-order valence-electron chi connectivity index (χ0n) is 7.16. The first kappa shape index (κ1) is 9.49. The first-order valence-corrected chi connectivity index (χ1v) is 4.27. The van der Waals surface area contributed by atoms with Gasteiger partial charge in [-0.1, -0.05) is 0 Å². The maximum Gasteiger partial charge on any atom is 0.419 e. The molecular formula is C10H7F4. The van der Waals surface area contributed by atoms with E-state index < -0.39 is 17.6 Å². The molecule has 75 valence electrons. The van der Waals surface area contributed by atoms with Gasteiger partial charge in [0, 0.05) is 0 Å². The Kier molecular flexibility index (Phi) is 2.01. The van der Waals surface area contributed by atoms with E-state index in [9.17, 15) is 17.6 Å². The summed E-state index contributed by atoms with van der Waals surface area (Å²) in [7, 11) is 0. The summed E-state index contributed by atoms with van der Waals surface area (Å²) in [6.07, 6.45) is -3.08. The Bertz CT molecular complexity index is 350. The van der Waals surface area contributed by atoms with Gasteiger partial charge in [-0.2, -0.15) is 13.2 Å². The largest absolute Gasteiger partial charge is 0.419 e. The summed E-state index contributed by atoms with van der Waals surface area (Å²) in [6, 6.07) is 4.30. The van der Waals surface area contributed by atoms with E-state index in [1.54, 1.807) is 0 Å². The molecule has 1 saturated carbocycles. The van der Waals surface area contributed by atoms with Gasteiger partial charge in [0.2, 0.25) is 0 Å². The van der Waals surface area contributed by atoms with E-state index in [0.29, 0.717) is 6.07 Å². The molecule has 1 radical (unpaired) electrons. The van der Waals surface area contributed by atoms with Crippen LogP contribution in [-0.2, 0) is 6.18 Å². The molecule has 0 nitrogen and oxygen atoms in total. The van der Waals surface area contributed by atoms with Crippen molar-refractivity contribution in [3.63, 3.8) is 0 Å². The van der Waals surface area contributed by atoms with Gasteiger partial charge >= 0.3 is 6.18 Å². The Hall–Kier alpha value is -1.06. The van der Waals surface area contributed by atoms with Crippen molar-refractivity contribution in [1.82, 2.24) is 0 Å². The highest BCUT2D eigenvalue weighted by Gasteiger charge is 2.37. The van der Waals surface area contributed by atoms with E-state index in [1.165, 1.54) is 6.07 Å². The van der Waals surface area contributed by atoms with Crippen molar-refractivity contribution in [2.75, 3.05) is 0 Å². The van der Waals surface area contributed by atoms with Crippen LogP contribution in [0.2, 0.25) is 0 Å². The lowest BCUT2D eigenvalue weighted by atomic mass is 10.1. The zero-order chi connectivity index (χ0) is 10.3. The molecule has 1 aliphatic carbocycles. The Morgan fingerprint density at radius 3 is 2.36 bits per heavy atom. The minimum atomic E-state index is -4.62. The highest BCUT2D eigenvalue weighted by molar-refractivity contribution is 5.32. The highest BCUT2D eigenvalue weighted by atomic mass is 19.4. The van der Waals surface area contributed by atoms with E-state index in [1.807, 2.05) is 0 Å². The monoisotopic (exact) mass is 203 g/mol. The van der Waals surface area contributed by atoms with Crippen LogP contribution >= 0.6 is 0 Å². The summed E-state index contributed by atoms with van der Waals surface area (Å²) < 4.78 is 50.1. The fraction of sp³-hybridized carbons (Fsp3) is 0.400. The van der Waals surface area contributed by atoms with E-state index in [0.717, 1.165) is 12.8 Å². The first-order chi connectivity index (χ1) is 6.50. The Labute approximate surface area is 78.5 Å². The standard InChI is InChI=1S/C10H7F4/c11-9-7(6-4-5-6)2-1-3-8(9)10(12,13)14/h2-3,6H,4-5H2. The van der Waals surface area contributed by atoms with Crippen molar-refractivity contribution < 1.29 is 17.6 Å². The second kappa shape index (κ2) is 2.97. The molecule has 0 amide bonds. The van der Waals surface area contributed by atoms with Crippen molar-refractivity contribution >= 4 is 0 Å². The molecule has 1 aliphatic rings. The van der Waals surface area contributed by atoms with Crippen LogP contribution < -0.4 is 0 Å². The quantitative estimate of drug-likeness (QED) is 0.612. The van der Waals surface area contributed by atoms with Gasteiger partial charge in [0.1, 0.15) is 5.82 Å². The lowest BCUT2D eigenvalue weighted by Crippen LogP contribution is -2.09. The van der Waals surface area contributed by atoms with Gasteiger partial charge in [-0.3, -0.25) is 0 Å². The summed E-state index contributed by atoms with van der Waals surface area (Å²) in [5.74, 6) is -1.16. The SMILES string of the molecule is Fc1c(C2CC2)c[c]cc1C(F)(F)F. The van der Waals surface area contributed by atoms with Crippen molar-refractivity contribution in [3.05, 3.63) is 35.1 Å². The lowest BCUT2D eigenvalue weighted by Gasteiger charge is -2.10. The molecule has 1 aromatic rings. The van der Waals surface area contributed by atoms with Gasteiger partial charge in [0.15, 0.2) is 0 Å². The predicted octanol–water partition coefficient (Wildman–Crippen LogP) is 3.52. The van der Waals surface area contributed by atoms with Crippen LogP contribution in [0.15, 0.2) is 12.1 Å². The maximum absolute atomic E-state index is 13.3. The molecule has 1 fully saturated rings. The smallest absolute Gasteiger partial charge is 0.206 e. The van der Waals surface area contributed by atoms with E-state index in [2.05, 4.69) is 6.07 Å². The lowest BCUT2D eigenvalue weighted by molar-refractivity contribution is -0.140. The second-order valence-corrected chi connectivity index (χ2v) is 3.41. The van der Waals surface area contributed by atoms with Crippen LogP contribution in [0.25, 0.3) is 0 Å². The van der Waals surface area contributed by atoms with Gasteiger partial charge in [-0.25, -0.2) is 4.39 Å². The van der Waals surface area contributed by atoms with E-state index in [-0.39, 0.29) is 11.5 Å². The normalized spacial score (nSPS) is 17.1. The number of alkyl halides is 3. The van der Waals surface area contributed by atoms with Gasteiger partial charge in [0.05, 0.1) is 5.56 Å². The molecule has 0 aromatic heterocycles. The minimum absolute atomic E-state index is 0.0338. The molecule has 0 N–H and O–H groups in total. The molecule has 0 unspecified atom stereocenters. The average molecular weight is 203 g/mol.